The highest BCUT2D eigenvalue weighted by molar-refractivity contribution is 7.88. The number of aryl methyl sites for hydroxylation is 1. The highest BCUT2D eigenvalue weighted by Crippen LogP contribution is 2.36. The van der Waals surface area contributed by atoms with Gasteiger partial charge in [0.05, 0.1) is 10.8 Å². The molecule has 0 heterocycles. The summed E-state index contributed by atoms with van der Waals surface area (Å²) in [6.45, 7) is 16.5. The summed E-state index contributed by atoms with van der Waals surface area (Å²) in [6.07, 6.45) is 5.34. The van der Waals surface area contributed by atoms with Gasteiger partial charge in [-0.05, 0) is 62.9 Å². The SMILES string of the molecule is CCCC/C(=C/[S@@](=O)c1ccc(C)cc1)CCCO[Si](C)(C)C(C)(C)C. The van der Waals surface area contributed by atoms with Crippen molar-refractivity contribution in [2.24, 2.45) is 0 Å². The Morgan fingerprint density at radius 2 is 1.69 bits per heavy atom. The molecule has 1 atom stereocenters. The maximum Gasteiger partial charge on any atom is 0.191 e. The van der Waals surface area contributed by atoms with Crippen LogP contribution in [0.3, 0.4) is 0 Å². The minimum atomic E-state index is -1.67. The van der Waals surface area contributed by atoms with Gasteiger partial charge in [-0.2, -0.15) is 0 Å². The number of hydrogen-bond acceptors (Lipinski definition) is 2. The Balaban J connectivity index is 2.66. The second-order valence-electron chi connectivity index (χ2n) is 8.70. The molecule has 1 aromatic rings. The molecule has 1 aromatic carbocycles. The molecule has 0 amide bonds. The minimum Gasteiger partial charge on any atom is -0.417 e. The monoisotopic (exact) mass is 394 g/mol. The maximum absolute atomic E-state index is 12.7. The summed E-state index contributed by atoms with van der Waals surface area (Å²) in [7, 11) is -2.73. The van der Waals surface area contributed by atoms with Crippen LogP contribution in [-0.2, 0) is 15.2 Å². The van der Waals surface area contributed by atoms with Gasteiger partial charge in [0.2, 0.25) is 0 Å². The summed E-state index contributed by atoms with van der Waals surface area (Å²) < 4.78 is 19.0. The van der Waals surface area contributed by atoms with E-state index in [9.17, 15) is 4.21 Å². The van der Waals surface area contributed by atoms with Crippen molar-refractivity contribution < 1.29 is 8.63 Å². The molecule has 0 aromatic heterocycles. The molecule has 0 fully saturated rings. The van der Waals surface area contributed by atoms with Crippen LogP contribution in [0.4, 0.5) is 0 Å². The summed E-state index contributed by atoms with van der Waals surface area (Å²) in [6, 6.07) is 8.00. The summed E-state index contributed by atoms with van der Waals surface area (Å²) in [5, 5.41) is 2.23. The summed E-state index contributed by atoms with van der Waals surface area (Å²) >= 11 is 0. The summed E-state index contributed by atoms with van der Waals surface area (Å²) in [5.41, 5.74) is 2.51. The van der Waals surface area contributed by atoms with Gasteiger partial charge in [0.1, 0.15) is 0 Å². The van der Waals surface area contributed by atoms with Gasteiger partial charge < -0.3 is 4.43 Å². The Bertz CT molecular complexity index is 598. The number of benzene rings is 1. The van der Waals surface area contributed by atoms with E-state index in [1.54, 1.807) is 0 Å². The van der Waals surface area contributed by atoms with Gasteiger partial charge in [-0.15, -0.1) is 0 Å². The van der Waals surface area contributed by atoms with Crippen molar-refractivity contribution in [3.8, 4) is 0 Å². The molecular formula is C22H38O2SSi. The summed E-state index contributed by atoms with van der Waals surface area (Å²) in [4.78, 5) is 0.891. The molecule has 26 heavy (non-hydrogen) atoms. The molecule has 0 aliphatic carbocycles. The molecule has 0 aliphatic rings. The normalized spacial score (nSPS) is 14.5. The Morgan fingerprint density at radius 1 is 1.12 bits per heavy atom. The van der Waals surface area contributed by atoms with Crippen LogP contribution >= 0.6 is 0 Å². The molecule has 1 rings (SSSR count). The molecule has 0 bridgehead atoms. The summed E-state index contributed by atoms with van der Waals surface area (Å²) in [5.74, 6) is 0. The standard InChI is InChI=1S/C22H38O2SSi/c1-8-9-11-20(12-10-17-24-26(6,7)22(3,4)5)18-25(23)21-15-13-19(2)14-16-21/h13-16,18H,8-12,17H2,1-7H3/b20-18-/t25-/m1/s1. The third-order valence-corrected chi connectivity index (χ3v) is 11.1. The van der Waals surface area contributed by atoms with Crippen LogP contribution in [0.25, 0.3) is 0 Å². The van der Waals surface area contributed by atoms with Gasteiger partial charge in [-0.1, -0.05) is 57.4 Å². The second kappa shape index (κ2) is 10.6. The van der Waals surface area contributed by atoms with Crippen molar-refractivity contribution in [3.63, 3.8) is 0 Å². The van der Waals surface area contributed by atoms with Crippen LogP contribution < -0.4 is 0 Å². The van der Waals surface area contributed by atoms with Gasteiger partial charge in [0.15, 0.2) is 8.32 Å². The van der Waals surface area contributed by atoms with Crippen molar-refractivity contribution in [1.29, 1.82) is 0 Å². The average Bonchev–Trinajstić information content (AvgIpc) is 2.55. The van der Waals surface area contributed by atoms with Crippen molar-refractivity contribution in [2.45, 2.75) is 89.8 Å². The van der Waals surface area contributed by atoms with E-state index in [1.165, 1.54) is 11.1 Å². The van der Waals surface area contributed by atoms with Crippen LogP contribution in [0.5, 0.6) is 0 Å². The molecule has 0 saturated heterocycles. The van der Waals surface area contributed by atoms with Crippen molar-refractivity contribution >= 4 is 19.1 Å². The average molecular weight is 395 g/mol. The lowest BCUT2D eigenvalue weighted by molar-refractivity contribution is 0.282. The fourth-order valence-corrected chi connectivity index (χ4v) is 4.55. The molecular weight excluding hydrogens is 356 g/mol. The first-order valence-corrected chi connectivity index (χ1v) is 14.0. The molecule has 148 valence electrons. The van der Waals surface area contributed by atoms with Crippen LogP contribution in [0.15, 0.2) is 40.1 Å². The maximum atomic E-state index is 12.7. The highest BCUT2D eigenvalue weighted by Gasteiger charge is 2.36. The number of rotatable bonds is 10. The van der Waals surface area contributed by atoms with E-state index in [0.717, 1.165) is 43.6 Å². The van der Waals surface area contributed by atoms with Gasteiger partial charge in [0.25, 0.3) is 0 Å². The van der Waals surface area contributed by atoms with Crippen LogP contribution in [0, 0.1) is 6.92 Å². The number of allylic oxidation sites excluding steroid dienone is 1. The van der Waals surface area contributed by atoms with Crippen molar-refractivity contribution in [2.75, 3.05) is 6.61 Å². The molecule has 0 radical (unpaired) electrons. The smallest absolute Gasteiger partial charge is 0.191 e. The number of hydrogen-bond donors (Lipinski definition) is 0. The molecule has 0 N–H and O–H groups in total. The van der Waals surface area contributed by atoms with E-state index in [0.29, 0.717) is 0 Å². The Labute approximate surface area is 165 Å². The zero-order chi connectivity index (χ0) is 19.8. The minimum absolute atomic E-state index is 0.251. The predicted molar refractivity (Wildman–Crippen MR) is 118 cm³/mol. The first kappa shape index (κ1) is 23.3. The van der Waals surface area contributed by atoms with E-state index >= 15 is 0 Å². The Hall–Kier alpha value is -0.713. The third kappa shape index (κ3) is 7.89. The quantitative estimate of drug-likeness (QED) is 0.316. The molecule has 0 unspecified atom stereocenters. The van der Waals surface area contributed by atoms with Crippen molar-refractivity contribution in [3.05, 3.63) is 40.8 Å². The zero-order valence-electron chi connectivity index (χ0n) is 17.9. The van der Waals surface area contributed by atoms with E-state index in [4.69, 9.17) is 4.43 Å². The molecule has 0 spiro atoms. The second-order valence-corrected chi connectivity index (χ2v) is 14.8. The van der Waals surface area contributed by atoms with Crippen LogP contribution in [0.1, 0.15) is 65.4 Å². The van der Waals surface area contributed by atoms with E-state index in [2.05, 4.69) is 47.7 Å². The molecule has 4 heteroatoms. The fraction of sp³-hybridized carbons (Fsp3) is 0.636. The number of unbranched alkanes of at least 4 members (excludes halogenated alkanes) is 1. The molecule has 0 saturated carbocycles. The van der Waals surface area contributed by atoms with Gasteiger partial charge in [-0.3, -0.25) is 0 Å². The Morgan fingerprint density at radius 3 is 2.23 bits per heavy atom. The lowest BCUT2D eigenvalue weighted by Crippen LogP contribution is -2.40. The fourth-order valence-electron chi connectivity index (χ4n) is 2.38. The van der Waals surface area contributed by atoms with Crippen LogP contribution in [-0.4, -0.2) is 19.1 Å². The molecule has 2 nitrogen and oxygen atoms in total. The largest absolute Gasteiger partial charge is 0.417 e. The lowest BCUT2D eigenvalue weighted by atomic mass is 10.1. The topological polar surface area (TPSA) is 26.3 Å². The zero-order valence-corrected chi connectivity index (χ0v) is 19.7. The van der Waals surface area contributed by atoms with Gasteiger partial charge in [-0.25, -0.2) is 4.21 Å². The first-order chi connectivity index (χ1) is 12.1. The van der Waals surface area contributed by atoms with E-state index < -0.39 is 19.1 Å². The van der Waals surface area contributed by atoms with Crippen LogP contribution in [0.2, 0.25) is 18.1 Å². The third-order valence-electron chi connectivity index (χ3n) is 5.29. The Kier molecular flexibility index (Phi) is 9.49. The first-order valence-electron chi connectivity index (χ1n) is 9.87. The van der Waals surface area contributed by atoms with E-state index in [1.807, 2.05) is 29.7 Å². The highest BCUT2D eigenvalue weighted by atomic mass is 32.2. The van der Waals surface area contributed by atoms with Gasteiger partial charge >= 0.3 is 0 Å². The van der Waals surface area contributed by atoms with Crippen molar-refractivity contribution in [1.82, 2.24) is 0 Å². The lowest BCUT2D eigenvalue weighted by Gasteiger charge is -2.36. The predicted octanol–water partition coefficient (Wildman–Crippen LogP) is 6.98. The van der Waals surface area contributed by atoms with E-state index in [-0.39, 0.29) is 5.04 Å². The molecule has 0 aliphatic heterocycles. The van der Waals surface area contributed by atoms with Gasteiger partial charge in [0, 0.05) is 16.9 Å².